The molecule has 0 aliphatic carbocycles. The summed E-state index contributed by atoms with van der Waals surface area (Å²) >= 11 is 0. The normalized spacial score (nSPS) is 20.5. The number of nitrogens with one attached hydrogen (secondary N) is 1. The molecule has 30 heavy (non-hydrogen) atoms. The van der Waals surface area contributed by atoms with Gasteiger partial charge in [-0.05, 0) is 36.6 Å². The van der Waals surface area contributed by atoms with E-state index in [1.807, 2.05) is 36.8 Å². The van der Waals surface area contributed by atoms with Crippen LogP contribution in [0.2, 0.25) is 0 Å². The third-order valence-corrected chi connectivity index (χ3v) is 8.05. The van der Waals surface area contributed by atoms with Crippen molar-refractivity contribution in [2.24, 2.45) is 5.92 Å². The van der Waals surface area contributed by atoms with Crippen molar-refractivity contribution < 1.29 is 8.42 Å². The lowest BCUT2D eigenvalue weighted by molar-refractivity contribution is 0.205. The van der Waals surface area contributed by atoms with Gasteiger partial charge >= 0.3 is 0 Å². The van der Waals surface area contributed by atoms with Crippen molar-refractivity contribution in [1.29, 1.82) is 5.26 Å². The number of hydrogen-bond acceptors (Lipinski definition) is 4. The van der Waals surface area contributed by atoms with Gasteiger partial charge in [0.05, 0.1) is 22.0 Å². The second-order valence-corrected chi connectivity index (χ2v) is 9.74. The largest absolute Gasteiger partial charge is 0.346 e. The van der Waals surface area contributed by atoms with Gasteiger partial charge in [-0.3, -0.25) is 0 Å². The molecule has 0 saturated carbocycles. The fourth-order valence-electron chi connectivity index (χ4n) is 4.45. The highest BCUT2D eigenvalue weighted by atomic mass is 32.2. The average molecular weight is 420 g/mol. The van der Waals surface area contributed by atoms with Crippen LogP contribution >= 0.6 is 0 Å². The van der Waals surface area contributed by atoms with E-state index in [1.165, 1.54) is 10.4 Å². The van der Waals surface area contributed by atoms with E-state index in [4.69, 9.17) is 0 Å². The topological polar surface area (TPSA) is 94.8 Å². The Hall–Kier alpha value is -3.15. The number of nitrogens with zero attached hydrogens (tertiary/aromatic N) is 4. The number of aromatic nitrogens is 3. The minimum atomic E-state index is -3.76. The van der Waals surface area contributed by atoms with Crippen LogP contribution in [0.3, 0.4) is 0 Å². The second kappa shape index (κ2) is 6.97. The van der Waals surface area contributed by atoms with Crippen molar-refractivity contribution in [2.45, 2.75) is 24.3 Å². The van der Waals surface area contributed by atoms with Crippen LogP contribution in [-0.2, 0) is 10.0 Å². The van der Waals surface area contributed by atoms with Crippen molar-refractivity contribution >= 4 is 32.0 Å². The monoisotopic (exact) mass is 419 g/mol. The Labute approximate surface area is 174 Å². The minimum Gasteiger partial charge on any atom is -0.346 e. The first-order valence-electron chi connectivity index (χ1n) is 9.92. The molecule has 4 heterocycles. The second-order valence-electron chi connectivity index (χ2n) is 7.83. The predicted octanol–water partition coefficient (Wildman–Crippen LogP) is 3.66. The van der Waals surface area contributed by atoms with Crippen LogP contribution in [0.15, 0.2) is 59.9 Å². The van der Waals surface area contributed by atoms with E-state index in [0.717, 1.165) is 28.4 Å². The molecule has 0 spiro atoms. The van der Waals surface area contributed by atoms with Crippen molar-refractivity contribution in [1.82, 2.24) is 18.8 Å². The number of aromatic amines is 1. The summed E-state index contributed by atoms with van der Waals surface area (Å²) in [5, 5.41) is 11.4. The summed E-state index contributed by atoms with van der Waals surface area (Å²) in [4.78, 5) is 7.68. The zero-order chi connectivity index (χ0) is 20.9. The van der Waals surface area contributed by atoms with E-state index in [1.54, 1.807) is 18.2 Å². The molecule has 1 aliphatic heterocycles. The Morgan fingerprint density at radius 2 is 2.07 bits per heavy atom. The summed E-state index contributed by atoms with van der Waals surface area (Å²) < 4.78 is 30.5. The van der Waals surface area contributed by atoms with Gasteiger partial charge in [-0.2, -0.15) is 9.57 Å². The molecule has 2 atom stereocenters. The summed E-state index contributed by atoms with van der Waals surface area (Å²) in [5.74, 6) is 0.306. The van der Waals surface area contributed by atoms with E-state index >= 15 is 0 Å². The summed E-state index contributed by atoms with van der Waals surface area (Å²) in [7, 11) is -3.76. The van der Waals surface area contributed by atoms with Gasteiger partial charge in [0.25, 0.3) is 0 Å². The highest BCUT2D eigenvalue weighted by molar-refractivity contribution is 7.89. The van der Waals surface area contributed by atoms with E-state index in [-0.39, 0.29) is 16.5 Å². The number of sulfonamides is 1. The van der Waals surface area contributed by atoms with Crippen LogP contribution in [0.4, 0.5) is 0 Å². The molecule has 1 saturated heterocycles. The quantitative estimate of drug-likeness (QED) is 0.548. The molecular formula is C22H21N5O2S. The van der Waals surface area contributed by atoms with Crippen LogP contribution in [0.25, 0.3) is 21.9 Å². The number of rotatable bonds is 3. The predicted molar refractivity (Wildman–Crippen MR) is 114 cm³/mol. The first-order chi connectivity index (χ1) is 14.5. The molecule has 7 nitrogen and oxygen atoms in total. The Morgan fingerprint density at radius 1 is 1.23 bits per heavy atom. The number of H-pyrrole nitrogens is 1. The molecule has 8 heteroatoms. The van der Waals surface area contributed by atoms with Crippen molar-refractivity contribution in [3.63, 3.8) is 0 Å². The summed E-state index contributed by atoms with van der Waals surface area (Å²) in [6, 6.07) is 12.4. The number of benzene rings is 1. The molecule has 5 rings (SSSR count). The van der Waals surface area contributed by atoms with Gasteiger partial charge in [0.2, 0.25) is 10.0 Å². The first-order valence-corrected chi connectivity index (χ1v) is 11.4. The minimum absolute atomic E-state index is 0.0132. The van der Waals surface area contributed by atoms with Gasteiger partial charge in [-0.15, -0.1) is 0 Å². The van der Waals surface area contributed by atoms with Crippen LogP contribution in [0.1, 0.15) is 24.9 Å². The Morgan fingerprint density at radius 3 is 2.90 bits per heavy atom. The lowest BCUT2D eigenvalue weighted by atomic mass is 9.94. The maximum Gasteiger partial charge on any atom is 0.244 e. The standard InChI is InChI=1S/C22H21N5O2S/c1-15-7-10-26(30(28,29)20-5-3-2-4-16(20)12-23)14-19(15)27-11-8-17-13-25-22-18(21(17)27)6-9-24-22/h2-6,8-9,11,13,15,19H,7,10,14H2,1H3,(H,24,25)/t15-,19+/m1/s1. The fourth-order valence-corrected chi connectivity index (χ4v) is 6.07. The highest BCUT2D eigenvalue weighted by Crippen LogP contribution is 2.35. The summed E-state index contributed by atoms with van der Waals surface area (Å²) in [6.45, 7) is 2.97. The van der Waals surface area contributed by atoms with Crippen LogP contribution < -0.4 is 0 Å². The Bertz CT molecular complexity index is 1400. The third kappa shape index (κ3) is 2.82. The van der Waals surface area contributed by atoms with Gasteiger partial charge in [-0.25, -0.2) is 13.4 Å². The van der Waals surface area contributed by atoms with E-state index in [0.29, 0.717) is 19.0 Å². The zero-order valence-electron chi connectivity index (χ0n) is 16.5. The fraction of sp³-hybridized carbons (Fsp3) is 0.273. The molecule has 1 aliphatic rings. The Balaban J connectivity index is 1.57. The van der Waals surface area contributed by atoms with E-state index < -0.39 is 10.0 Å². The molecule has 0 amide bonds. The molecule has 1 fully saturated rings. The molecule has 4 aromatic rings. The number of nitriles is 1. The molecular weight excluding hydrogens is 398 g/mol. The van der Waals surface area contributed by atoms with Gasteiger partial charge in [0, 0.05) is 42.5 Å². The number of piperidine rings is 1. The first kappa shape index (κ1) is 18.9. The van der Waals surface area contributed by atoms with Crippen molar-refractivity contribution in [2.75, 3.05) is 13.1 Å². The number of fused-ring (bicyclic) bond motifs is 3. The van der Waals surface area contributed by atoms with Gasteiger partial charge in [0.15, 0.2) is 0 Å². The maximum atomic E-state index is 13.4. The number of hydrogen-bond donors (Lipinski definition) is 1. The lowest BCUT2D eigenvalue weighted by Crippen LogP contribution is -2.43. The highest BCUT2D eigenvalue weighted by Gasteiger charge is 2.36. The van der Waals surface area contributed by atoms with Crippen molar-refractivity contribution in [3.05, 3.63) is 60.6 Å². The molecule has 1 N–H and O–H groups in total. The van der Waals surface area contributed by atoms with E-state index in [9.17, 15) is 13.7 Å². The molecule has 3 aromatic heterocycles. The van der Waals surface area contributed by atoms with Crippen LogP contribution in [0.5, 0.6) is 0 Å². The smallest absolute Gasteiger partial charge is 0.244 e. The zero-order valence-corrected chi connectivity index (χ0v) is 17.3. The van der Waals surface area contributed by atoms with Gasteiger partial charge in [-0.1, -0.05) is 19.1 Å². The van der Waals surface area contributed by atoms with Crippen LogP contribution in [0, 0.1) is 17.2 Å². The van der Waals surface area contributed by atoms with E-state index in [2.05, 4.69) is 21.5 Å². The summed E-state index contributed by atoms with van der Waals surface area (Å²) in [6.07, 6.45) is 6.49. The molecule has 1 aromatic carbocycles. The molecule has 0 bridgehead atoms. The van der Waals surface area contributed by atoms with Gasteiger partial charge < -0.3 is 9.55 Å². The molecule has 152 valence electrons. The number of pyridine rings is 1. The van der Waals surface area contributed by atoms with Crippen molar-refractivity contribution in [3.8, 4) is 6.07 Å². The molecule has 0 radical (unpaired) electrons. The third-order valence-electron chi connectivity index (χ3n) is 6.12. The van der Waals surface area contributed by atoms with Crippen LogP contribution in [-0.4, -0.2) is 40.3 Å². The Kier molecular flexibility index (Phi) is 4.38. The average Bonchev–Trinajstić information content (AvgIpc) is 3.40. The maximum absolute atomic E-state index is 13.4. The van der Waals surface area contributed by atoms with Gasteiger partial charge in [0.1, 0.15) is 11.7 Å². The SMILES string of the molecule is C[C@@H]1CCN(S(=O)(=O)c2ccccc2C#N)C[C@@H]1n1ccc2cnc3[nH]ccc3c21. The lowest BCUT2D eigenvalue weighted by Gasteiger charge is -2.37. The molecule has 0 unspecified atom stereocenters. The summed E-state index contributed by atoms with van der Waals surface area (Å²) in [5.41, 5.74) is 2.06.